The second-order valence-corrected chi connectivity index (χ2v) is 4.99. The summed E-state index contributed by atoms with van der Waals surface area (Å²) in [6.45, 7) is 1.88. The van der Waals surface area contributed by atoms with Crippen molar-refractivity contribution in [3.8, 4) is 0 Å². The maximum Gasteiger partial charge on any atom is 0.493 e. The lowest BCUT2D eigenvalue weighted by Gasteiger charge is -2.29. The zero-order valence-electron chi connectivity index (χ0n) is 10.6. The summed E-state index contributed by atoms with van der Waals surface area (Å²) in [6, 6.07) is 5.95. The number of rotatable bonds is 4. The SMILES string of the molecule is CCSCN(C)C(=O)N(c1ccccc1)C(F)(F)F. The van der Waals surface area contributed by atoms with E-state index in [1.807, 2.05) is 6.92 Å². The van der Waals surface area contributed by atoms with Crippen molar-refractivity contribution < 1.29 is 18.0 Å². The number of amides is 2. The van der Waals surface area contributed by atoms with E-state index in [1.54, 1.807) is 6.07 Å². The molecule has 7 heteroatoms. The van der Waals surface area contributed by atoms with E-state index < -0.39 is 12.3 Å². The molecule has 0 aliphatic rings. The molecule has 19 heavy (non-hydrogen) atoms. The fourth-order valence-corrected chi connectivity index (χ4v) is 1.96. The molecule has 0 N–H and O–H groups in total. The highest BCUT2D eigenvalue weighted by atomic mass is 32.2. The van der Waals surface area contributed by atoms with Crippen LogP contribution in [-0.2, 0) is 0 Å². The summed E-state index contributed by atoms with van der Waals surface area (Å²) in [5, 5.41) is 0. The van der Waals surface area contributed by atoms with Gasteiger partial charge in [-0.25, -0.2) is 9.69 Å². The number of urea groups is 1. The summed E-state index contributed by atoms with van der Waals surface area (Å²) < 4.78 is 39.0. The minimum absolute atomic E-state index is 0.150. The number of halogens is 3. The second kappa shape index (κ2) is 6.70. The number of carbonyl (C=O) groups is 1. The lowest BCUT2D eigenvalue weighted by molar-refractivity contribution is -0.122. The summed E-state index contributed by atoms with van der Waals surface area (Å²) in [5.41, 5.74) is -0.187. The molecule has 0 heterocycles. The van der Waals surface area contributed by atoms with Crippen LogP contribution < -0.4 is 4.90 Å². The number of nitrogens with zero attached hydrogens (tertiary/aromatic N) is 2. The van der Waals surface area contributed by atoms with Gasteiger partial charge in [-0.1, -0.05) is 25.1 Å². The van der Waals surface area contributed by atoms with E-state index in [1.165, 1.54) is 43.1 Å². The van der Waals surface area contributed by atoms with Crippen molar-refractivity contribution >= 4 is 23.5 Å². The first-order valence-corrected chi connectivity index (χ1v) is 6.78. The van der Waals surface area contributed by atoms with Gasteiger partial charge in [0.15, 0.2) is 0 Å². The largest absolute Gasteiger partial charge is 0.493 e. The molecule has 0 aromatic heterocycles. The molecular formula is C12H15F3N2OS. The van der Waals surface area contributed by atoms with Gasteiger partial charge in [0.25, 0.3) is 0 Å². The molecule has 0 unspecified atom stereocenters. The first-order chi connectivity index (χ1) is 8.88. The third-order valence-corrected chi connectivity index (χ3v) is 3.25. The molecule has 1 aromatic rings. The highest BCUT2D eigenvalue weighted by Gasteiger charge is 2.43. The second-order valence-electron chi connectivity index (χ2n) is 3.74. The average Bonchev–Trinajstić information content (AvgIpc) is 2.35. The third kappa shape index (κ3) is 4.34. The summed E-state index contributed by atoms with van der Waals surface area (Å²) in [7, 11) is 1.35. The molecule has 0 spiro atoms. The minimum Gasteiger partial charge on any atom is -0.318 e. The van der Waals surface area contributed by atoms with Gasteiger partial charge >= 0.3 is 12.3 Å². The van der Waals surface area contributed by atoms with Gasteiger partial charge in [-0.2, -0.15) is 0 Å². The number of anilines is 1. The van der Waals surface area contributed by atoms with E-state index in [4.69, 9.17) is 0 Å². The normalized spacial score (nSPS) is 11.2. The fraction of sp³-hybridized carbons (Fsp3) is 0.417. The maximum absolute atomic E-state index is 13.0. The predicted octanol–water partition coefficient (Wildman–Crippen LogP) is 3.78. The van der Waals surface area contributed by atoms with Crippen molar-refractivity contribution in [3.05, 3.63) is 30.3 Å². The molecule has 0 saturated carbocycles. The molecule has 106 valence electrons. The van der Waals surface area contributed by atoms with Gasteiger partial charge in [-0.05, 0) is 17.9 Å². The van der Waals surface area contributed by atoms with Crippen LogP contribution >= 0.6 is 11.8 Å². The lowest BCUT2D eigenvalue weighted by Crippen LogP contribution is -2.49. The van der Waals surface area contributed by atoms with Crippen LogP contribution in [0.5, 0.6) is 0 Å². The molecule has 0 aliphatic heterocycles. The minimum atomic E-state index is -4.75. The summed E-state index contributed by atoms with van der Waals surface area (Å²) in [6.07, 6.45) is -4.75. The molecule has 0 atom stereocenters. The Morgan fingerprint density at radius 2 is 1.84 bits per heavy atom. The molecular weight excluding hydrogens is 277 g/mol. The van der Waals surface area contributed by atoms with E-state index >= 15 is 0 Å². The van der Waals surface area contributed by atoms with E-state index in [2.05, 4.69) is 0 Å². The Hall–Kier alpha value is -1.37. The Balaban J connectivity index is 2.96. The first kappa shape index (κ1) is 15.7. The summed E-state index contributed by atoms with van der Waals surface area (Å²) in [5.74, 6) is 0.948. The molecule has 0 saturated heterocycles. The average molecular weight is 292 g/mol. The molecule has 2 amide bonds. The molecule has 3 nitrogen and oxygen atoms in total. The third-order valence-electron chi connectivity index (χ3n) is 2.27. The van der Waals surface area contributed by atoms with Gasteiger partial charge in [0, 0.05) is 7.05 Å². The van der Waals surface area contributed by atoms with Gasteiger partial charge in [0.05, 0.1) is 11.6 Å². The van der Waals surface area contributed by atoms with Crippen LogP contribution in [0.25, 0.3) is 0 Å². The van der Waals surface area contributed by atoms with Crippen molar-refractivity contribution in [2.45, 2.75) is 13.2 Å². The zero-order chi connectivity index (χ0) is 14.5. The van der Waals surface area contributed by atoms with Gasteiger partial charge in [-0.3, -0.25) is 0 Å². The smallest absolute Gasteiger partial charge is 0.318 e. The fourth-order valence-electron chi connectivity index (χ4n) is 1.40. The molecule has 0 radical (unpaired) electrons. The highest BCUT2D eigenvalue weighted by molar-refractivity contribution is 7.99. The van der Waals surface area contributed by atoms with Crippen LogP contribution in [0.4, 0.5) is 23.7 Å². The van der Waals surface area contributed by atoms with E-state index in [-0.39, 0.29) is 16.5 Å². The molecule has 0 fully saturated rings. The van der Waals surface area contributed by atoms with Crippen LogP contribution in [0.15, 0.2) is 30.3 Å². The Kier molecular flexibility index (Phi) is 5.53. The monoisotopic (exact) mass is 292 g/mol. The molecule has 0 aliphatic carbocycles. The predicted molar refractivity (Wildman–Crippen MR) is 71.1 cm³/mol. The van der Waals surface area contributed by atoms with Crippen LogP contribution in [0.3, 0.4) is 0 Å². The van der Waals surface area contributed by atoms with Crippen molar-refractivity contribution in [1.82, 2.24) is 4.90 Å². The van der Waals surface area contributed by atoms with Crippen molar-refractivity contribution in [3.63, 3.8) is 0 Å². The number of carbonyl (C=O) groups excluding carboxylic acids is 1. The van der Waals surface area contributed by atoms with Crippen LogP contribution in [0.2, 0.25) is 0 Å². The Labute approximate surface area is 114 Å². The standard InChI is InChI=1S/C12H15F3N2OS/c1-3-19-9-16(2)11(18)17(12(13,14)15)10-7-5-4-6-8-10/h4-8H,3,9H2,1-2H3. The topological polar surface area (TPSA) is 23.6 Å². The van der Waals surface area contributed by atoms with Gasteiger partial charge in [0.1, 0.15) is 0 Å². The number of benzene rings is 1. The van der Waals surface area contributed by atoms with Crippen LogP contribution in [-0.4, -0.2) is 35.9 Å². The van der Waals surface area contributed by atoms with E-state index in [0.29, 0.717) is 0 Å². The van der Waals surface area contributed by atoms with Crippen molar-refractivity contribution in [1.29, 1.82) is 0 Å². The maximum atomic E-state index is 13.0. The number of hydrogen-bond donors (Lipinski definition) is 0. The number of thioether (sulfide) groups is 1. The molecule has 1 aromatic carbocycles. The number of alkyl halides is 3. The van der Waals surface area contributed by atoms with Crippen molar-refractivity contribution in [2.75, 3.05) is 23.6 Å². The van der Waals surface area contributed by atoms with E-state index in [0.717, 1.165) is 10.7 Å². The van der Waals surface area contributed by atoms with Gasteiger partial charge in [0.2, 0.25) is 0 Å². The quantitative estimate of drug-likeness (QED) is 0.623. The Morgan fingerprint density at radius 1 is 1.26 bits per heavy atom. The number of para-hydroxylation sites is 1. The molecule has 1 rings (SSSR count). The summed E-state index contributed by atoms with van der Waals surface area (Å²) in [4.78, 5) is 12.8. The molecule has 0 bridgehead atoms. The Morgan fingerprint density at radius 3 is 2.32 bits per heavy atom. The van der Waals surface area contributed by atoms with E-state index in [9.17, 15) is 18.0 Å². The Bertz CT molecular complexity index is 411. The lowest BCUT2D eigenvalue weighted by atomic mass is 10.3. The highest BCUT2D eigenvalue weighted by Crippen LogP contribution is 2.29. The summed E-state index contributed by atoms with van der Waals surface area (Å²) >= 11 is 1.38. The van der Waals surface area contributed by atoms with Gasteiger partial charge in [-0.15, -0.1) is 24.9 Å². The first-order valence-electron chi connectivity index (χ1n) is 5.62. The van der Waals surface area contributed by atoms with Gasteiger partial charge < -0.3 is 4.90 Å². The number of hydrogen-bond acceptors (Lipinski definition) is 2. The van der Waals surface area contributed by atoms with Crippen LogP contribution in [0, 0.1) is 0 Å². The van der Waals surface area contributed by atoms with Crippen LogP contribution in [0.1, 0.15) is 6.92 Å². The zero-order valence-corrected chi connectivity index (χ0v) is 11.5. The van der Waals surface area contributed by atoms with Crippen molar-refractivity contribution in [2.24, 2.45) is 0 Å².